The Bertz CT molecular complexity index is 997. The number of hydrogen-bond donors (Lipinski definition) is 1. The van der Waals surface area contributed by atoms with Crippen molar-refractivity contribution in [2.24, 2.45) is 0 Å². The van der Waals surface area contributed by atoms with Crippen molar-refractivity contribution in [3.8, 4) is 0 Å². The van der Waals surface area contributed by atoms with Crippen LogP contribution < -0.4 is 10.2 Å². The Labute approximate surface area is 152 Å². The summed E-state index contributed by atoms with van der Waals surface area (Å²) in [5.74, 6) is -0.728. The zero-order chi connectivity index (χ0) is 18.9. The maximum absolute atomic E-state index is 12.7. The highest BCUT2D eigenvalue weighted by Crippen LogP contribution is 2.34. The molecule has 0 aromatic heterocycles. The molecule has 2 aromatic carbocycles. The second kappa shape index (κ2) is 6.76. The third-order valence-electron chi connectivity index (χ3n) is 4.14. The molecule has 1 unspecified atom stereocenters. The van der Waals surface area contributed by atoms with Gasteiger partial charge in [0, 0.05) is 12.3 Å². The van der Waals surface area contributed by atoms with Crippen LogP contribution in [0.25, 0.3) is 6.08 Å². The summed E-state index contributed by atoms with van der Waals surface area (Å²) in [5, 5.41) is 2.66. The van der Waals surface area contributed by atoms with Gasteiger partial charge >= 0.3 is 0 Å². The molecule has 0 saturated carbocycles. The lowest BCUT2D eigenvalue weighted by Crippen LogP contribution is -2.48. The van der Waals surface area contributed by atoms with Crippen LogP contribution in [-0.2, 0) is 19.4 Å². The second-order valence-corrected chi connectivity index (χ2v) is 8.08. The van der Waals surface area contributed by atoms with Crippen LogP contribution in [-0.4, -0.2) is 32.5 Å². The van der Waals surface area contributed by atoms with Gasteiger partial charge < -0.3 is 5.32 Å². The van der Waals surface area contributed by atoms with Gasteiger partial charge in [-0.15, -0.1) is 0 Å². The van der Waals surface area contributed by atoms with Crippen molar-refractivity contribution >= 4 is 39.1 Å². The van der Waals surface area contributed by atoms with Crippen LogP contribution in [0.4, 0.5) is 11.4 Å². The molecule has 0 radical (unpaired) electrons. The summed E-state index contributed by atoms with van der Waals surface area (Å²) in [5.41, 5.74) is 1.63. The Morgan fingerprint density at radius 2 is 1.85 bits per heavy atom. The van der Waals surface area contributed by atoms with Crippen molar-refractivity contribution < 1.29 is 18.0 Å². The number of sulfone groups is 1. The van der Waals surface area contributed by atoms with E-state index in [-0.39, 0.29) is 16.7 Å². The fraction of sp³-hybridized carbons (Fsp3) is 0.158. The predicted molar refractivity (Wildman–Crippen MR) is 101 cm³/mol. The van der Waals surface area contributed by atoms with Crippen molar-refractivity contribution in [2.45, 2.75) is 17.9 Å². The molecular formula is C19H18N2O4S. The summed E-state index contributed by atoms with van der Waals surface area (Å²) < 4.78 is 23.5. The first-order chi connectivity index (χ1) is 12.3. The Morgan fingerprint density at radius 1 is 1.15 bits per heavy atom. The summed E-state index contributed by atoms with van der Waals surface area (Å²) in [6, 6.07) is 13.0. The van der Waals surface area contributed by atoms with E-state index in [2.05, 4.69) is 5.32 Å². The fourth-order valence-corrected chi connectivity index (χ4v) is 3.39. The van der Waals surface area contributed by atoms with E-state index in [1.807, 2.05) is 30.3 Å². The van der Waals surface area contributed by atoms with Crippen LogP contribution in [0.1, 0.15) is 12.5 Å². The summed E-state index contributed by atoms with van der Waals surface area (Å²) in [6.07, 6.45) is 4.16. The van der Waals surface area contributed by atoms with E-state index in [0.29, 0.717) is 11.4 Å². The van der Waals surface area contributed by atoms with E-state index < -0.39 is 15.9 Å². The van der Waals surface area contributed by atoms with Crippen molar-refractivity contribution in [1.82, 2.24) is 0 Å². The molecular weight excluding hydrogens is 352 g/mol. The van der Waals surface area contributed by atoms with Crippen LogP contribution in [0.2, 0.25) is 0 Å². The molecule has 7 heteroatoms. The minimum Gasteiger partial charge on any atom is -0.322 e. The third kappa shape index (κ3) is 3.52. The van der Waals surface area contributed by atoms with E-state index in [1.54, 1.807) is 13.0 Å². The Hall–Kier alpha value is -2.93. The van der Waals surface area contributed by atoms with E-state index >= 15 is 0 Å². The molecule has 1 heterocycles. The van der Waals surface area contributed by atoms with E-state index in [4.69, 9.17) is 0 Å². The lowest BCUT2D eigenvalue weighted by molar-refractivity contribution is -0.121. The lowest BCUT2D eigenvalue weighted by atomic mass is 10.1. The van der Waals surface area contributed by atoms with Gasteiger partial charge in [-0.05, 0) is 36.8 Å². The molecule has 1 atom stereocenters. The fourth-order valence-electron chi connectivity index (χ4n) is 2.74. The molecule has 1 aliphatic heterocycles. The molecule has 1 N–H and O–H groups in total. The molecule has 6 nitrogen and oxygen atoms in total. The van der Waals surface area contributed by atoms with Crippen molar-refractivity contribution in [1.29, 1.82) is 0 Å². The molecule has 0 bridgehead atoms. The quantitative estimate of drug-likeness (QED) is 0.842. The molecule has 0 fully saturated rings. The molecule has 134 valence electrons. The zero-order valence-electron chi connectivity index (χ0n) is 14.3. The minimum absolute atomic E-state index is 0.0818. The number of anilines is 2. The maximum Gasteiger partial charge on any atom is 0.251 e. The van der Waals surface area contributed by atoms with Crippen molar-refractivity contribution in [3.05, 3.63) is 60.2 Å². The highest BCUT2D eigenvalue weighted by molar-refractivity contribution is 7.90. The summed E-state index contributed by atoms with van der Waals surface area (Å²) in [6.45, 7) is 1.62. The Kier molecular flexibility index (Phi) is 4.65. The number of amides is 2. The third-order valence-corrected chi connectivity index (χ3v) is 5.25. The SMILES string of the molecule is CC1C(=O)Nc2cc(S(C)(=O)=O)ccc2N1C(=O)/C=C/c1ccccc1. The molecule has 0 saturated heterocycles. The lowest BCUT2D eigenvalue weighted by Gasteiger charge is -2.34. The Morgan fingerprint density at radius 3 is 2.50 bits per heavy atom. The van der Waals surface area contributed by atoms with Gasteiger partial charge in [-0.25, -0.2) is 8.42 Å². The van der Waals surface area contributed by atoms with Gasteiger partial charge in [0.2, 0.25) is 5.91 Å². The standard InChI is InChI=1S/C19H18N2O4S/c1-13-19(23)20-16-12-15(26(2,24)25)9-10-17(16)21(13)18(22)11-8-14-6-4-3-5-7-14/h3-13H,1-2H3,(H,20,23)/b11-8+. The Balaban J connectivity index is 1.98. The van der Waals surface area contributed by atoms with Gasteiger partial charge in [0.1, 0.15) is 6.04 Å². The average molecular weight is 370 g/mol. The van der Waals surface area contributed by atoms with Crippen molar-refractivity contribution in [2.75, 3.05) is 16.5 Å². The van der Waals surface area contributed by atoms with Crippen LogP contribution in [0, 0.1) is 0 Å². The molecule has 3 rings (SSSR count). The monoisotopic (exact) mass is 370 g/mol. The molecule has 2 aromatic rings. The summed E-state index contributed by atoms with van der Waals surface area (Å²) in [4.78, 5) is 26.4. The van der Waals surface area contributed by atoms with Crippen LogP contribution in [0.3, 0.4) is 0 Å². The average Bonchev–Trinajstić information content (AvgIpc) is 2.60. The number of benzene rings is 2. The maximum atomic E-state index is 12.7. The smallest absolute Gasteiger partial charge is 0.251 e. The van der Waals surface area contributed by atoms with Crippen LogP contribution >= 0.6 is 0 Å². The van der Waals surface area contributed by atoms with E-state index in [0.717, 1.165) is 11.8 Å². The number of nitrogens with one attached hydrogen (secondary N) is 1. The van der Waals surface area contributed by atoms with Gasteiger partial charge in [0.25, 0.3) is 5.91 Å². The predicted octanol–water partition coefficient (Wildman–Crippen LogP) is 2.48. The number of hydrogen-bond acceptors (Lipinski definition) is 4. The second-order valence-electron chi connectivity index (χ2n) is 6.07. The zero-order valence-corrected chi connectivity index (χ0v) is 15.2. The molecule has 0 aliphatic carbocycles. The molecule has 1 aliphatic rings. The van der Waals surface area contributed by atoms with E-state index in [9.17, 15) is 18.0 Å². The highest BCUT2D eigenvalue weighted by atomic mass is 32.2. The first kappa shape index (κ1) is 17.9. The summed E-state index contributed by atoms with van der Waals surface area (Å²) >= 11 is 0. The molecule has 2 amide bonds. The van der Waals surface area contributed by atoms with Gasteiger partial charge in [-0.3, -0.25) is 14.5 Å². The van der Waals surface area contributed by atoms with Crippen molar-refractivity contribution in [3.63, 3.8) is 0 Å². The van der Waals surface area contributed by atoms with Gasteiger partial charge in [0.15, 0.2) is 9.84 Å². The largest absolute Gasteiger partial charge is 0.322 e. The number of carbonyl (C=O) groups is 2. The summed E-state index contributed by atoms with van der Waals surface area (Å²) in [7, 11) is -3.42. The van der Waals surface area contributed by atoms with Gasteiger partial charge in [-0.2, -0.15) is 0 Å². The van der Waals surface area contributed by atoms with Gasteiger partial charge in [0.05, 0.1) is 16.3 Å². The number of carbonyl (C=O) groups excluding carboxylic acids is 2. The number of fused-ring (bicyclic) bond motifs is 1. The normalized spacial score (nSPS) is 17.1. The van der Waals surface area contributed by atoms with Gasteiger partial charge in [-0.1, -0.05) is 30.3 Å². The van der Waals surface area contributed by atoms with Crippen LogP contribution in [0.5, 0.6) is 0 Å². The first-order valence-electron chi connectivity index (χ1n) is 7.98. The van der Waals surface area contributed by atoms with Crippen LogP contribution in [0.15, 0.2) is 59.5 Å². The molecule has 0 spiro atoms. The first-order valence-corrected chi connectivity index (χ1v) is 9.88. The number of nitrogens with zero attached hydrogens (tertiary/aromatic N) is 1. The molecule has 26 heavy (non-hydrogen) atoms. The minimum atomic E-state index is -3.42. The topological polar surface area (TPSA) is 83.6 Å². The highest BCUT2D eigenvalue weighted by Gasteiger charge is 2.33. The number of rotatable bonds is 3. The van der Waals surface area contributed by atoms with E-state index in [1.165, 1.54) is 29.2 Å².